The molecule has 1 aromatic heterocycles. The van der Waals surface area contributed by atoms with Crippen LogP contribution >= 0.6 is 0 Å². The van der Waals surface area contributed by atoms with E-state index >= 15 is 0 Å². The first-order valence-electron chi connectivity index (χ1n) is 8.26. The number of hydrogen-bond donors (Lipinski definition) is 1. The van der Waals surface area contributed by atoms with E-state index in [1.807, 2.05) is 19.1 Å². The summed E-state index contributed by atoms with van der Waals surface area (Å²) in [4.78, 5) is 18.8. The van der Waals surface area contributed by atoms with Crippen molar-refractivity contribution in [2.75, 3.05) is 23.3 Å². The maximum absolute atomic E-state index is 12.9. The monoisotopic (exact) mass is 338 g/mol. The van der Waals surface area contributed by atoms with Crippen LogP contribution in [0.15, 0.2) is 36.4 Å². The lowest BCUT2D eigenvalue weighted by Gasteiger charge is -2.32. The molecule has 128 valence electrons. The molecule has 3 rings (SSSR count). The minimum Gasteiger partial charge on any atom is -0.357 e. The summed E-state index contributed by atoms with van der Waals surface area (Å²) in [5, 5.41) is 11.9. The van der Waals surface area contributed by atoms with Crippen molar-refractivity contribution in [3.63, 3.8) is 0 Å². The summed E-state index contributed by atoms with van der Waals surface area (Å²) in [6.07, 6.45) is 1.43. The van der Waals surface area contributed by atoms with Gasteiger partial charge in [0.1, 0.15) is 23.4 Å². The third-order valence-electron chi connectivity index (χ3n) is 4.49. The van der Waals surface area contributed by atoms with E-state index < -0.39 is 0 Å². The van der Waals surface area contributed by atoms with Gasteiger partial charge in [-0.05, 0) is 55.7 Å². The molecule has 1 fully saturated rings. The zero-order valence-electron chi connectivity index (χ0n) is 14.0. The molecule has 1 aliphatic heterocycles. The summed E-state index contributed by atoms with van der Waals surface area (Å²) in [5.41, 5.74) is 1.90. The highest BCUT2D eigenvalue weighted by Crippen LogP contribution is 2.24. The minimum absolute atomic E-state index is 0.0409. The number of hydrogen-bond acceptors (Lipinski definition) is 4. The molecule has 0 bridgehead atoms. The number of aromatic nitrogens is 1. The molecule has 0 radical (unpaired) electrons. The Morgan fingerprint density at radius 3 is 2.56 bits per heavy atom. The first-order chi connectivity index (χ1) is 12.1. The van der Waals surface area contributed by atoms with Crippen molar-refractivity contribution in [1.82, 2.24) is 4.98 Å². The van der Waals surface area contributed by atoms with Crippen molar-refractivity contribution in [1.29, 1.82) is 5.26 Å². The number of aryl methyl sites for hydroxylation is 1. The number of nitrogens with one attached hydrogen (secondary N) is 1. The SMILES string of the molecule is Cc1ccc(N2CCC(C(=O)Nc3ccc(F)cc3)CC2)nc1C#N. The molecule has 6 heteroatoms. The second-order valence-corrected chi connectivity index (χ2v) is 6.20. The lowest BCUT2D eigenvalue weighted by Crippen LogP contribution is -2.38. The van der Waals surface area contributed by atoms with Gasteiger partial charge in [-0.25, -0.2) is 9.37 Å². The number of rotatable bonds is 3. The molecular weight excluding hydrogens is 319 g/mol. The van der Waals surface area contributed by atoms with Gasteiger partial charge in [0.05, 0.1) is 0 Å². The zero-order chi connectivity index (χ0) is 17.8. The Bertz CT molecular complexity index is 805. The molecule has 0 spiro atoms. The quantitative estimate of drug-likeness (QED) is 0.933. The van der Waals surface area contributed by atoms with Gasteiger partial charge in [-0.1, -0.05) is 6.07 Å². The van der Waals surface area contributed by atoms with Crippen molar-refractivity contribution in [3.05, 3.63) is 53.5 Å². The molecule has 2 aromatic rings. The van der Waals surface area contributed by atoms with Crippen molar-refractivity contribution in [2.24, 2.45) is 5.92 Å². The van der Waals surface area contributed by atoms with Crippen LogP contribution in [0, 0.1) is 30.0 Å². The number of carbonyl (C=O) groups is 1. The molecule has 1 N–H and O–H groups in total. The van der Waals surface area contributed by atoms with Crippen molar-refractivity contribution in [2.45, 2.75) is 19.8 Å². The maximum atomic E-state index is 12.9. The van der Waals surface area contributed by atoms with E-state index in [-0.39, 0.29) is 17.6 Å². The zero-order valence-corrected chi connectivity index (χ0v) is 14.0. The van der Waals surface area contributed by atoms with Crippen LogP contribution in [0.4, 0.5) is 15.9 Å². The molecule has 1 saturated heterocycles. The molecule has 25 heavy (non-hydrogen) atoms. The fourth-order valence-electron chi connectivity index (χ4n) is 2.96. The van der Waals surface area contributed by atoms with Crippen LogP contribution in [-0.2, 0) is 4.79 Å². The molecule has 0 aliphatic carbocycles. The average molecular weight is 338 g/mol. The van der Waals surface area contributed by atoms with Crippen molar-refractivity contribution in [3.8, 4) is 6.07 Å². The summed E-state index contributed by atoms with van der Waals surface area (Å²) < 4.78 is 12.9. The number of nitriles is 1. The Balaban J connectivity index is 1.59. The van der Waals surface area contributed by atoms with E-state index in [0.717, 1.165) is 11.4 Å². The highest BCUT2D eigenvalue weighted by Gasteiger charge is 2.26. The Labute approximate surface area is 146 Å². The van der Waals surface area contributed by atoms with Gasteiger partial charge < -0.3 is 10.2 Å². The molecule has 1 amide bonds. The molecule has 0 atom stereocenters. The molecular formula is C19H19FN4O. The number of anilines is 2. The standard InChI is InChI=1S/C19H19FN4O/c1-13-2-7-18(23-17(13)12-21)24-10-8-14(9-11-24)19(25)22-16-5-3-15(20)4-6-16/h2-7,14H,8-11H2,1H3,(H,22,25). The molecule has 0 unspecified atom stereocenters. The van der Waals surface area contributed by atoms with E-state index in [4.69, 9.17) is 5.26 Å². The Morgan fingerprint density at radius 1 is 1.24 bits per heavy atom. The van der Waals surface area contributed by atoms with Crippen LogP contribution < -0.4 is 10.2 Å². The summed E-state index contributed by atoms with van der Waals surface area (Å²) in [6, 6.07) is 11.7. The van der Waals surface area contributed by atoms with Gasteiger partial charge in [0.25, 0.3) is 0 Å². The molecule has 0 saturated carbocycles. The summed E-state index contributed by atoms with van der Waals surface area (Å²) in [5.74, 6) is 0.330. The highest BCUT2D eigenvalue weighted by molar-refractivity contribution is 5.92. The van der Waals surface area contributed by atoms with E-state index in [1.54, 1.807) is 12.1 Å². The van der Waals surface area contributed by atoms with Gasteiger partial charge in [0, 0.05) is 24.7 Å². The van der Waals surface area contributed by atoms with E-state index in [9.17, 15) is 9.18 Å². The third kappa shape index (κ3) is 3.94. The fourth-order valence-corrected chi connectivity index (χ4v) is 2.96. The van der Waals surface area contributed by atoms with Crippen LogP contribution in [0.3, 0.4) is 0 Å². The molecule has 2 heterocycles. The van der Waals surface area contributed by atoms with E-state index in [2.05, 4.69) is 21.3 Å². The van der Waals surface area contributed by atoms with Crippen LogP contribution in [0.2, 0.25) is 0 Å². The number of carbonyl (C=O) groups excluding carboxylic acids is 1. The lowest BCUT2D eigenvalue weighted by molar-refractivity contribution is -0.120. The maximum Gasteiger partial charge on any atom is 0.227 e. The van der Waals surface area contributed by atoms with Gasteiger partial charge in [-0.15, -0.1) is 0 Å². The average Bonchev–Trinajstić information content (AvgIpc) is 2.64. The number of amides is 1. The lowest BCUT2D eigenvalue weighted by atomic mass is 9.95. The van der Waals surface area contributed by atoms with E-state index in [1.165, 1.54) is 12.1 Å². The largest absolute Gasteiger partial charge is 0.357 e. The Kier molecular flexibility index (Phi) is 4.94. The van der Waals surface area contributed by atoms with Crippen LogP contribution in [0.1, 0.15) is 24.1 Å². The van der Waals surface area contributed by atoms with Gasteiger partial charge in [0.2, 0.25) is 5.91 Å². The van der Waals surface area contributed by atoms with Gasteiger partial charge >= 0.3 is 0 Å². The number of halogens is 1. The second-order valence-electron chi connectivity index (χ2n) is 6.20. The van der Waals surface area contributed by atoms with Crippen LogP contribution in [0.25, 0.3) is 0 Å². The fraction of sp³-hybridized carbons (Fsp3) is 0.316. The van der Waals surface area contributed by atoms with Crippen molar-refractivity contribution < 1.29 is 9.18 Å². The van der Waals surface area contributed by atoms with E-state index in [0.29, 0.717) is 37.3 Å². The molecule has 5 nitrogen and oxygen atoms in total. The van der Waals surface area contributed by atoms with Crippen LogP contribution in [-0.4, -0.2) is 24.0 Å². The molecule has 1 aromatic carbocycles. The van der Waals surface area contributed by atoms with Gasteiger partial charge in [-0.2, -0.15) is 5.26 Å². The predicted octanol–water partition coefficient (Wildman–Crippen LogP) is 3.26. The summed E-state index contributed by atoms with van der Waals surface area (Å²) in [7, 11) is 0. The first kappa shape index (κ1) is 16.9. The first-order valence-corrected chi connectivity index (χ1v) is 8.26. The third-order valence-corrected chi connectivity index (χ3v) is 4.49. The molecule has 1 aliphatic rings. The van der Waals surface area contributed by atoms with Crippen LogP contribution in [0.5, 0.6) is 0 Å². The minimum atomic E-state index is -0.325. The van der Waals surface area contributed by atoms with Crippen molar-refractivity contribution >= 4 is 17.4 Å². The Morgan fingerprint density at radius 2 is 1.92 bits per heavy atom. The second kappa shape index (κ2) is 7.31. The normalized spacial score (nSPS) is 14.8. The van der Waals surface area contributed by atoms with Gasteiger partial charge in [-0.3, -0.25) is 4.79 Å². The number of benzene rings is 1. The van der Waals surface area contributed by atoms with Gasteiger partial charge in [0.15, 0.2) is 0 Å². The predicted molar refractivity (Wildman–Crippen MR) is 93.7 cm³/mol. The summed E-state index contributed by atoms with van der Waals surface area (Å²) in [6.45, 7) is 3.28. The topological polar surface area (TPSA) is 69.0 Å². The number of pyridine rings is 1. The summed E-state index contributed by atoms with van der Waals surface area (Å²) >= 11 is 0. The smallest absolute Gasteiger partial charge is 0.227 e. The number of nitrogens with zero attached hydrogens (tertiary/aromatic N) is 3. The Hall–Kier alpha value is -2.94. The highest BCUT2D eigenvalue weighted by atomic mass is 19.1. The number of piperidine rings is 1.